The normalized spacial score (nSPS) is 11.8. The van der Waals surface area contributed by atoms with Crippen molar-refractivity contribution in [1.82, 2.24) is 15.5 Å². The minimum atomic E-state index is -0.419. The first-order valence-corrected chi connectivity index (χ1v) is 11.6. The van der Waals surface area contributed by atoms with Gasteiger partial charge in [0.2, 0.25) is 0 Å². The number of carbonyl (C=O) groups is 1. The van der Waals surface area contributed by atoms with Crippen LogP contribution in [0.1, 0.15) is 29.8 Å². The second-order valence-electron chi connectivity index (χ2n) is 7.97. The molecule has 0 radical (unpaired) electrons. The fourth-order valence-corrected chi connectivity index (χ4v) is 4.02. The lowest BCUT2D eigenvalue weighted by molar-refractivity contribution is 0.0951. The zero-order chi connectivity index (χ0) is 23.8. The Kier molecular flexibility index (Phi) is 8.41. The summed E-state index contributed by atoms with van der Waals surface area (Å²) in [4.78, 5) is 13.4. The Hall–Kier alpha value is -2.97. The maximum absolute atomic E-state index is 12.4. The van der Waals surface area contributed by atoms with E-state index in [9.17, 15) is 4.79 Å². The van der Waals surface area contributed by atoms with Gasteiger partial charge in [0.1, 0.15) is 0 Å². The first-order valence-electron chi connectivity index (χ1n) is 10.4. The molecule has 0 aliphatic heterocycles. The first-order chi connectivity index (χ1) is 15.8. The van der Waals surface area contributed by atoms with E-state index in [4.69, 9.17) is 23.2 Å². The van der Waals surface area contributed by atoms with Gasteiger partial charge in [-0.2, -0.15) is 0 Å². The van der Waals surface area contributed by atoms with Crippen LogP contribution in [0.5, 0.6) is 0 Å². The molecular weight excluding hydrogens is 454 g/mol. The van der Waals surface area contributed by atoms with Crippen molar-refractivity contribution in [3.8, 4) is 11.1 Å². The van der Waals surface area contributed by atoms with Crippen LogP contribution in [-0.2, 0) is 6.54 Å². The van der Waals surface area contributed by atoms with Crippen molar-refractivity contribution in [3.05, 3.63) is 101 Å². The second kappa shape index (κ2) is 11.2. The molecule has 3 aromatic rings. The summed E-state index contributed by atoms with van der Waals surface area (Å²) >= 11 is 7.39. The van der Waals surface area contributed by atoms with Gasteiger partial charge in [0.05, 0.1) is 11.2 Å². The van der Waals surface area contributed by atoms with Gasteiger partial charge in [-0.1, -0.05) is 41.9 Å². The van der Waals surface area contributed by atoms with Crippen LogP contribution in [0.25, 0.3) is 11.1 Å². The molecule has 0 aromatic heterocycles. The third-order valence-corrected chi connectivity index (χ3v) is 6.47. The molecular formula is C25H28ClN5OS. The van der Waals surface area contributed by atoms with Gasteiger partial charge in [-0.15, -0.1) is 0 Å². The third kappa shape index (κ3) is 6.76. The van der Waals surface area contributed by atoms with Crippen LogP contribution in [0.15, 0.2) is 89.6 Å². The molecule has 6 nitrogen and oxygen atoms in total. The minimum absolute atomic E-state index is 0.133. The summed E-state index contributed by atoms with van der Waals surface area (Å²) in [7, 11) is 0. The van der Waals surface area contributed by atoms with Crippen molar-refractivity contribution in [2.24, 2.45) is 11.6 Å². The van der Waals surface area contributed by atoms with Gasteiger partial charge in [-0.25, -0.2) is 4.72 Å². The predicted molar refractivity (Wildman–Crippen MR) is 137 cm³/mol. The summed E-state index contributed by atoms with van der Waals surface area (Å²) in [6, 6.07) is 23.2. The van der Waals surface area contributed by atoms with Crippen LogP contribution in [0.2, 0.25) is 5.02 Å². The Labute approximate surface area is 203 Å². The molecule has 0 spiro atoms. The number of rotatable bonds is 9. The van der Waals surface area contributed by atoms with Crippen molar-refractivity contribution in [1.29, 1.82) is 0 Å². The minimum Gasteiger partial charge on any atom is -0.403 e. The number of hydrogen-bond acceptors (Lipinski definition) is 6. The molecule has 172 valence electrons. The number of nitrogens with two attached hydrogens (primary N) is 2. The molecule has 3 rings (SSSR count). The van der Waals surface area contributed by atoms with Crippen molar-refractivity contribution < 1.29 is 4.79 Å². The molecule has 0 saturated carbocycles. The Balaban J connectivity index is 1.61. The summed E-state index contributed by atoms with van der Waals surface area (Å²) < 4.78 is 3.37. The Morgan fingerprint density at radius 2 is 1.73 bits per heavy atom. The lowest BCUT2D eigenvalue weighted by atomic mass is 10.0. The summed E-state index contributed by atoms with van der Waals surface area (Å²) in [6.07, 6.45) is 1.46. The number of carbonyl (C=O) groups excluding carboxylic acids is 1. The second-order valence-corrected chi connectivity index (χ2v) is 9.28. The van der Waals surface area contributed by atoms with Gasteiger partial charge in [-0.05, 0) is 85.0 Å². The Bertz CT molecular complexity index is 1110. The van der Waals surface area contributed by atoms with E-state index in [0.29, 0.717) is 22.8 Å². The first kappa shape index (κ1) is 24.7. The quantitative estimate of drug-likeness (QED) is 0.174. The fourth-order valence-electron chi connectivity index (χ4n) is 3.14. The molecule has 0 aliphatic rings. The van der Waals surface area contributed by atoms with E-state index >= 15 is 0 Å². The van der Waals surface area contributed by atoms with Crippen LogP contribution < -0.4 is 27.0 Å². The highest BCUT2D eigenvalue weighted by Crippen LogP contribution is 2.26. The molecule has 0 aliphatic carbocycles. The van der Waals surface area contributed by atoms with Crippen molar-refractivity contribution in [2.75, 3.05) is 0 Å². The fraction of sp³-hybridized carbons (Fsp3) is 0.160. The van der Waals surface area contributed by atoms with Crippen LogP contribution in [0.4, 0.5) is 0 Å². The smallest absolute Gasteiger partial charge is 0.251 e. The van der Waals surface area contributed by atoms with Crippen LogP contribution in [0, 0.1) is 0 Å². The summed E-state index contributed by atoms with van der Waals surface area (Å²) in [5, 5.41) is 3.56. The van der Waals surface area contributed by atoms with E-state index < -0.39 is 5.54 Å². The monoisotopic (exact) mass is 481 g/mol. The highest BCUT2D eigenvalue weighted by molar-refractivity contribution is 7.97. The summed E-state index contributed by atoms with van der Waals surface area (Å²) in [6.45, 7) is 4.42. The van der Waals surface area contributed by atoms with Crippen molar-refractivity contribution in [2.45, 2.75) is 30.8 Å². The largest absolute Gasteiger partial charge is 0.403 e. The maximum atomic E-state index is 12.4. The van der Waals surface area contributed by atoms with Gasteiger partial charge < -0.3 is 16.5 Å². The average molecular weight is 482 g/mol. The molecule has 0 unspecified atom stereocenters. The summed E-state index contributed by atoms with van der Waals surface area (Å²) in [5.41, 5.74) is 12.3. The van der Waals surface area contributed by atoms with E-state index in [2.05, 4.69) is 51.9 Å². The van der Waals surface area contributed by atoms with Gasteiger partial charge in [0.25, 0.3) is 5.91 Å². The molecule has 0 saturated heterocycles. The molecule has 7 N–H and O–H groups in total. The van der Waals surface area contributed by atoms with E-state index in [1.165, 1.54) is 18.1 Å². The third-order valence-electron chi connectivity index (χ3n) is 5.09. The van der Waals surface area contributed by atoms with Gasteiger partial charge in [-0.3, -0.25) is 10.6 Å². The highest BCUT2D eigenvalue weighted by Gasteiger charge is 2.22. The Morgan fingerprint density at radius 1 is 1.03 bits per heavy atom. The number of benzene rings is 3. The van der Waals surface area contributed by atoms with Crippen LogP contribution in [0.3, 0.4) is 0 Å². The average Bonchev–Trinajstić information content (AvgIpc) is 2.83. The molecule has 0 heterocycles. The molecule has 8 heteroatoms. The number of halogens is 1. The maximum Gasteiger partial charge on any atom is 0.251 e. The summed E-state index contributed by atoms with van der Waals surface area (Å²) in [5.74, 6) is 5.40. The zero-order valence-electron chi connectivity index (χ0n) is 18.6. The molecule has 0 atom stereocenters. The number of nitrogens with one attached hydrogen (secondary N) is 3. The molecule has 3 aromatic carbocycles. The predicted octanol–water partition coefficient (Wildman–Crippen LogP) is 4.58. The molecule has 0 bridgehead atoms. The van der Waals surface area contributed by atoms with Crippen molar-refractivity contribution in [3.63, 3.8) is 0 Å². The lowest BCUT2D eigenvalue weighted by Gasteiger charge is -2.28. The van der Waals surface area contributed by atoms with Crippen LogP contribution >= 0.6 is 23.5 Å². The Morgan fingerprint density at radius 3 is 2.36 bits per heavy atom. The molecule has 33 heavy (non-hydrogen) atoms. The van der Waals surface area contributed by atoms with Gasteiger partial charge in [0.15, 0.2) is 0 Å². The lowest BCUT2D eigenvalue weighted by Crippen LogP contribution is -2.44. The zero-order valence-corrected chi connectivity index (χ0v) is 20.1. The van der Waals surface area contributed by atoms with Gasteiger partial charge >= 0.3 is 0 Å². The van der Waals surface area contributed by atoms with Crippen LogP contribution in [-0.4, -0.2) is 11.4 Å². The highest BCUT2D eigenvalue weighted by atomic mass is 35.5. The van der Waals surface area contributed by atoms with Gasteiger partial charge in [0, 0.05) is 28.2 Å². The van der Waals surface area contributed by atoms with E-state index in [1.54, 1.807) is 24.3 Å². The SMILES string of the molecule is CC(C)(NSc1ccc(-c2cccc(CNC(=O)c3ccc(Cl)cc3)c2)cc1)/C(=C/N)NN. The number of hydrazine groups is 1. The molecule has 1 amide bonds. The molecule has 0 fully saturated rings. The van der Waals surface area contributed by atoms with Crippen molar-refractivity contribution >= 4 is 29.5 Å². The van der Waals surface area contributed by atoms with E-state index in [1.807, 2.05) is 26.0 Å². The standard InChI is InChI=1S/C25H28ClN5OS/c1-25(2,23(15-27)30-28)31-33-22-12-8-18(9-13-22)20-5-3-4-17(14-20)16-29-24(32)19-6-10-21(26)11-7-19/h3-15,30-31H,16,27-28H2,1-2H3,(H,29,32)/b23-15-. The van der Waals surface area contributed by atoms with E-state index in [-0.39, 0.29) is 5.91 Å². The number of amides is 1. The van der Waals surface area contributed by atoms with E-state index in [0.717, 1.165) is 21.6 Å². The number of hydrogen-bond donors (Lipinski definition) is 5. The topological polar surface area (TPSA) is 105 Å².